The van der Waals surface area contributed by atoms with Crippen LogP contribution in [0, 0.1) is 13.8 Å². The summed E-state index contributed by atoms with van der Waals surface area (Å²) in [5.74, 6) is 0.766. The SMILES string of the molecule is Cc1ccc(OCc2c(CO)cccc2NC(=S)OCF)c(C)c1. The van der Waals surface area contributed by atoms with Gasteiger partial charge in [-0.1, -0.05) is 29.8 Å². The van der Waals surface area contributed by atoms with E-state index in [1.165, 1.54) is 0 Å². The molecule has 2 N–H and O–H groups in total. The Kier molecular flexibility index (Phi) is 6.52. The first kappa shape index (κ1) is 18.2. The Morgan fingerprint density at radius 2 is 2.04 bits per heavy atom. The van der Waals surface area contributed by atoms with E-state index in [9.17, 15) is 9.50 Å². The molecule has 0 radical (unpaired) electrons. The first-order valence-electron chi connectivity index (χ1n) is 7.46. The van der Waals surface area contributed by atoms with E-state index in [2.05, 4.69) is 10.1 Å². The zero-order valence-corrected chi connectivity index (χ0v) is 14.5. The molecule has 4 nitrogen and oxygen atoms in total. The van der Waals surface area contributed by atoms with Crippen LogP contribution < -0.4 is 10.1 Å². The Bertz CT molecular complexity index is 721. The smallest absolute Gasteiger partial charge is 0.263 e. The predicted molar refractivity (Wildman–Crippen MR) is 95.9 cm³/mol. The molecule has 24 heavy (non-hydrogen) atoms. The van der Waals surface area contributed by atoms with Crippen LogP contribution in [0.4, 0.5) is 10.1 Å². The van der Waals surface area contributed by atoms with E-state index in [1.54, 1.807) is 18.2 Å². The zero-order valence-electron chi connectivity index (χ0n) is 13.6. The van der Waals surface area contributed by atoms with Crippen LogP contribution in [0.2, 0.25) is 0 Å². The van der Waals surface area contributed by atoms with Gasteiger partial charge in [-0.3, -0.25) is 0 Å². The van der Waals surface area contributed by atoms with Crippen molar-refractivity contribution in [2.24, 2.45) is 0 Å². The summed E-state index contributed by atoms with van der Waals surface area (Å²) < 4.78 is 22.7. The molecule has 0 bridgehead atoms. The molecule has 0 aliphatic carbocycles. The number of aliphatic hydroxyl groups is 1. The molecule has 0 aromatic heterocycles. The molecule has 0 amide bonds. The molecule has 2 rings (SSSR count). The highest BCUT2D eigenvalue weighted by Crippen LogP contribution is 2.25. The molecule has 0 unspecified atom stereocenters. The van der Waals surface area contributed by atoms with Crippen molar-refractivity contribution in [2.75, 3.05) is 12.2 Å². The predicted octanol–water partition coefficient (Wildman–Crippen LogP) is 4.02. The minimum atomic E-state index is -1.00. The van der Waals surface area contributed by atoms with Gasteiger partial charge in [0.05, 0.1) is 6.61 Å². The number of thiocarbonyl (C=S) groups is 1. The van der Waals surface area contributed by atoms with Gasteiger partial charge in [0.2, 0.25) is 6.86 Å². The van der Waals surface area contributed by atoms with Crippen molar-refractivity contribution in [1.29, 1.82) is 0 Å². The number of benzene rings is 2. The van der Waals surface area contributed by atoms with Crippen molar-refractivity contribution in [3.8, 4) is 5.75 Å². The molecule has 0 aliphatic heterocycles. The van der Waals surface area contributed by atoms with E-state index in [0.29, 0.717) is 11.3 Å². The molecule has 0 saturated heterocycles. The van der Waals surface area contributed by atoms with Crippen LogP contribution in [0.3, 0.4) is 0 Å². The topological polar surface area (TPSA) is 50.7 Å². The minimum Gasteiger partial charge on any atom is -0.489 e. The van der Waals surface area contributed by atoms with Crippen molar-refractivity contribution in [2.45, 2.75) is 27.1 Å². The first-order chi connectivity index (χ1) is 11.5. The van der Waals surface area contributed by atoms with Crippen LogP contribution in [0.15, 0.2) is 36.4 Å². The van der Waals surface area contributed by atoms with Crippen LogP contribution in [-0.4, -0.2) is 17.1 Å². The average molecular weight is 349 g/mol. The highest BCUT2D eigenvalue weighted by atomic mass is 32.1. The zero-order chi connectivity index (χ0) is 17.5. The monoisotopic (exact) mass is 349 g/mol. The highest BCUT2D eigenvalue weighted by Gasteiger charge is 2.11. The van der Waals surface area contributed by atoms with Crippen molar-refractivity contribution in [3.63, 3.8) is 0 Å². The number of aliphatic hydroxyl groups excluding tert-OH is 1. The quantitative estimate of drug-likeness (QED) is 0.772. The second-order valence-corrected chi connectivity index (χ2v) is 5.70. The molecule has 0 saturated carbocycles. The van der Waals surface area contributed by atoms with Gasteiger partial charge in [-0.15, -0.1) is 0 Å². The lowest BCUT2D eigenvalue weighted by Crippen LogP contribution is -2.15. The highest BCUT2D eigenvalue weighted by molar-refractivity contribution is 7.80. The van der Waals surface area contributed by atoms with E-state index >= 15 is 0 Å². The number of alkyl halides is 1. The molecule has 2 aromatic rings. The Morgan fingerprint density at radius 1 is 1.25 bits per heavy atom. The van der Waals surface area contributed by atoms with Gasteiger partial charge in [0.25, 0.3) is 5.17 Å². The first-order valence-corrected chi connectivity index (χ1v) is 7.87. The number of anilines is 1. The van der Waals surface area contributed by atoms with Crippen molar-refractivity contribution >= 4 is 23.1 Å². The summed E-state index contributed by atoms with van der Waals surface area (Å²) in [7, 11) is 0. The maximum Gasteiger partial charge on any atom is 0.263 e. The number of hydrogen-bond acceptors (Lipinski definition) is 4. The molecule has 2 aromatic carbocycles. The number of hydrogen-bond donors (Lipinski definition) is 2. The standard InChI is InChI=1S/C18H20FNO3S/c1-12-6-7-17(13(2)8-12)22-10-15-14(9-21)4-3-5-16(15)20-18(24)23-11-19/h3-8,21H,9-11H2,1-2H3,(H,20,24). The molecule has 6 heteroatoms. The maximum absolute atomic E-state index is 12.2. The minimum absolute atomic E-state index is 0.0691. The molecular weight excluding hydrogens is 329 g/mol. The third kappa shape index (κ3) is 4.66. The van der Waals surface area contributed by atoms with Gasteiger partial charge in [0.15, 0.2) is 0 Å². The lowest BCUT2D eigenvalue weighted by Gasteiger charge is -2.17. The summed E-state index contributed by atoms with van der Waals surface area (Å²) in [4.78, 5) is 0. The summed E-state index contributed by atoms with van der Waals surface area (Å²) in [6, 6.07) is 11.3. The van der Waals surface area contributed by atoms with Gasteiger partial charge in [-0.25, -0.2) is 4.39 Å². The number of ether oxygens (including phenoxy) is 2. The van der Waals surface area contributed by atoms with E-state index < -0.39 is 6.86 Å². The molecule has 0 fully saturated rings. The fourth-order valence-corrected chi connectivity index (χ4v) is 2.53. The van der Waals surface area contributed by atoms with Crippen LogP contribution in [0.1, 0.15) is 22.3 Å². The average Bonchev–Trinajstić information content (AvgIpc) is 2.55. The third-order valence-electron chi connectivity index (χ3n) is 3.57. The van der Waals surface area contributed by atoms with Gasteiger partial charge in [0, 0.05) is 11.3 Å². The van der Waals surface area contributed by atoms with Crippen LogP contribution in [-0.2, 0) is 18.0 Å². The van der Waals surface area contributed by atoms with Gasteiger partial charge < -0.3 is 19.9 Å². The maximum atomic E-state index is 12.2. The third-order valence-corrected chi connectivity index (χ3v) is 3.79. The number of nitrogens with one attached hydrogen (secondary N) is 1. The van der Waals surface area contributed by atoms with Crippen molar-refractivity contribution < 1.29 is 19.0 Å². The van der Waals surface area contributed by atoms with E-state index in [0.717, 1.165) is 22.4 Å². The molecule has 0 aliphatic rings. The van der Waals surface area contributed by atoms with Gasteiger partial charge in [-0.05, 0) is 49.3 Å². The second kappa shape index (κ2) is 8.61. The molecular formula is C18H20FNO3S. The summed E-state index contributed by atoms with van der Waals surface area (Å²) in [6.45, 7) is 3.09. The van der Waals surface area contributed by atoms with Crippen LogP contribution >= 0.6 is 12.2 Å². The largest absolute Gasteiger partial charge is 0.489 e. The van der Waals surface area contributed by atoms with Gasteiger partial charge in [-0.2, -0.15) is 0 Å². The number of halogens is 1. The van der Waals surface area contributed by atoms with Crippen LogP contribution in [0.25, 0.3) is 0 Å². The summed E-state index contributed by atoms with van der Waals surface area (Å²) in [5.41, 5.74) is 4.25. The Labute approximate surface area is 146 Å². The van der Waals surface area contributed by atoms with Gasteiger partial charge in [0.1, 0.15) is 12.4 Å². The van der Waals surface area contributed by atoms with E-state index in [1.807, 2.05) is 32.0 Å². The summed E-state index contributed by atoms with van der Waals surface area (Å²) >= 11 is 4.91. The number of rotatable bonds is 6. The Morgan fingerprint density at radius 3 is 2.71 bits per heavy atom. The lowest BCUT2D eigenvalue weighted by molar-refractivity contribution is 0.184. The summed E-state index contributed by atoms with van der Waals surface area (Å²) in [5, 5.41) is 12.3. The lowest BCUT2D eigenvalue weighted by atomic mass is 10.1. The van der Waals surface area contributed by atoms with E-state index in [4.69, 9.17) is 17.0 Å². The van der Waals surface area contributed by atoms with Crippen molar-refractivity contribution in [3.05, 3.63) is 58.7 Å². The Hall–Kier alpha value is -2.18. The fourth-order valence-electron chi connectivity index (χ4n) is 2.38. The fraction of sp³-hybridized carbons (Fsp3) is 0.278. The van der Waals surface area contributed by atoms with Gasteiger partial charge >= 0.3 is 0 Å². The normalized spacial score (nSPS) is 10.3. The molecule has 0 atom stereocenters. The Balaban J connectivity index is 2.22. The second-order valence-electron chi connectivity index (χ2n) is 5.32. The molecule has 128 valence electrons. The van der Waals surface area contributed by atoms with E-state index in [-0.39, 0.29) is 18.4 Å². The number of aryl methyl sites for hydroxylation is 2. The molecule has 0 heterocycles. The summed E-state index contributed by atoms with van der Waals surface area (Å²) in [6.07, 6.45) is 0. The molecule has 0 spiro atoms. The van der Waals surface area contributed by atoms with Crippen molar-refractivity contribution in [1.82, 2.24) is 0 Å². The van der Waals surface area contributed by atoms with Crippen LogP contribution in [0.5, 0.6) is 5.75 Å².